The molecule has 0 aromatic carbocycles. The number of hydrogen-bond acceptors (Lipinski definition) is 19. The highest BCUT2D eigenvalue weighted by molar-refractivity contribution is 7.99. The number of rotatable bonds is 30. The predicted molar refractivity (Wildman–Crippen MR) is 222 cm³/mol. The smallest absolute Gasteiger partial charge is 0.306 e. The Labute approximate surface area is 362 Å². The highest BCUT2D eigenvalue weighted by Crippen LogP contribution is 2.33. The summed E-state index contributed by atoms with van der Waals surface area (Å²) in [4.78, 5) is 38.3. The molecule has 2 saturated heterocycles. The minimum atomic E-state index is -1.82. The van der Waals surface area contributed by atoms with E-state index in [1.165, 1.54) is 50.1 Å². The van der Waals surface area contributed by atoms with Gasteiger partial charge >= 0.3 is 11.9 Å². The van der Waals surface area contributed by atoms with Crippen LogP contribution in [-0.4, -0.2) is 167 Å². The fourth-order valence-electron chi connectivity index (χ4n) is 6.94. The van der Waals surface area contributed by atoms with Crippen LogP contribution in [-0.2, 0) is 38.1 Å². The van der Waals surface area contributed by atoms with Crippen molar-refractivity contribution in [2.75, 3.05) is 36.6 Å². The van der Waals surface area contributed by atoms with Crippen LogP contribution in [0.25, 0.3) is 0 Å². The number of anilines is 1. The fourth-order valence-corrected chi connectivity index (χ4v) is 7.91. The summed E-state index contributed by atoms with van der Waals surface area (Å²) >= 11 is 1.24. The van der Waals surface area contributed by atoms with Crippen molar-refractivity contribution < 1.29 is 73.8 Å². The lowest BCUT2D eigenvalue weighted by atomic mass is 9.96. The molecule has 10 N–H and O–H groups in total. The molecule has 0 aliphatic carbocycles. The lowest BCUT2D eigenvalue weighted by molar-refractivity contribution is -0.347. The summed E-state index contributed by atoms with van der Waals surface area (Å²) < 4.78 is 28.9. The number of hydrogen-bond donors (Lipinski definition) is 9. The van der Waals surface area contributed by atoms with Crippen LogP contribution >= 0.6 is 11.8 Å². The summed E-state index contributed by atoms with van der Waals surface area (Å²) in [6, 6.07) is -1.06. The van der Waals surface area contributed by atoms with E-state index in [9.17, 15) is 50.1 Å². The van der Waals surface area contributed by atoms with Crippen LogP contribution < -0.4 is 11.1 Å². The molecule has 2 aliphatic rings. The summed E-state index contributed by atoms with van der Waals surface area (Å²) in [7, 11) is 0. The Bertz CT molecular complexity index is 1400. The molecule has 9 unspecified atom stereocenters. The first-order valence-corrected chi connectivity index (χ1v) is 23.0. The van der Waals surface area contributed by atoms with Crippen molar-refractivity contribution in [1.82, 2.24) is 15.0 Å². The van der Waals surface area contributed by atoms with Crippen LogP contribution in [0.5, 0.6) is 0 Å². The molecular formula is C40H71N5O15S. The zero-order valence-corrected chi connectivity index (χ0v) is 36.4. The Hall–Kier alpha value is -2.54. The standard InChI is InChI=1S/C40H71N5O15S/c1-3-5-7-9-11-13-15-17-30(48)56-22-25(57-31(49)18-16-14-12-10-8-6-4-2)23-61-24-26(41)38(55)42-29-19-45(44-43-29)39-35(53)34(52)37(28(21-47)58-39)60-40-36(54)33(51)32(50)27(20-46)59-40/h19,25-28,32-37,39-40,46-47,50-54H,3-18,20-24,41H2,1-2H3,(H,42,55)/t25-,26-,27?,28?,32?,33?,34?,35?,36?,37?,39-,40?/m1/s1. The van der Waals surface area contributed by atoms with Gasteiger partial charge in [-0.2, -0.15) is 11.8 Å². The van der Waals surface area contributed by atoms with E-state index in [1.54, 1.807) is 0 Å². The first-order chi connectivity index (χ1) is 29.3. The van der Waals surface area contributed by atoms with Crippen molar-refractivity contribution >= 4 is 35.4 Å². The summed E-state index contributed by atoms with van der Waals surface area (Å²) in [5, 5.41) is 82.2. The number of nitrogens with one attached hydrogen (secondary N) is 1. The van der Waals surface area contributed by atoms with Gasteiger partial charge in [0.25, 0.3) is 0 Å². The van der Waals surface area contributed by atoms with Crippen molar-refractivity contribution in [3.63, 3.8) is 0 Å². The molecule has 21 heteroatoms. The van der Waals surface area contributed by atoms with Gasteiger partial charge in [-0.1, -0.05) is 96.1 Å². The molecule has 0 saturated carbocycles. The number of carbonyl (C=O) groups excluding carboxylic acids is 3. The first kappa shape index (κ1) is 52.8. The lowest BCUT2D eigenvalue weighted by Crippen LogP contribution is -2.63. The quantitative estimate of drug-likeness (QED) is 0.0381. The van der Waals surface area contributed by atoms with Crippen molar-refractivity contribution in [1.29, 1.82) is 0 Å². The van der Waals surface area contributed by atoms with Gasteiger partial charge in [-0.05, 0) is 12.8 Å². The van der Waals surface area contributed by atoms with Gasteiger partial charge in [0.1, 0.15) is 61.5 Å². The molecule has 3 rings (SSSR count). The fraction of sp³-hybridized carbons (Fsp3) is 0.875. The normalized spacial score (nSPS) is 27.6. The highest BCUT2D eigenvalue weighted by atomic mass is 32.2. The van der Waals surface area contributed by atoms with Gasteiger partial charge in [0, 0.05) is 24.3 Å². The maximum absolute atomic E-state index is 13.0. The molecule has 61 heavy (non-hydrogen) atoms. The molecule has 1 amide bonds. The molecule has 1 aromatic heterocycles. The summed E-state index contributed by atoms with van der Waals surface area (Å²) in [6.07, 6.45) is -0.305. The first-order valence-electron chi connectivity index (χ1n) is 21.8. The highest BCUT2D eigenvalue weighted by Gasteiger charge is 2.51. The number of thioether (sulfide) groups is 1. The van der Waals surface area contributed by atoms with Crippen LogP contribution in [0.1, 0.15) is 123 Å². The number of aliphatic hydroxyl groups excluding tert-OH is 7. The van der Waals surface area contributed by atoms with Gasteiger partial charge in [0.2, 0.25) is 5.91 Å². The second kappa shape index (κ2) is 29.0. The number of aromatic nitrogens is 3. The third-order valence-electron chi connectivity index (χ3n) is 10.6. The number of amides is 1. The number of carbonyl (C=O) groups is 3. The third kappa shape index (κ3) is 17.9. The minimum Gasteiger partial charge on any atom is -0.462 e. The molecule has 2 fully saturated rings. The zero-order valence-electron chi connectivity index (χ0n) is 35.6. The summed E-state index contributed by atoms with van der Waals surface area (Å²) in [5.74, 6) is -1.14. The second-order valence-electron chi connectivity index (χ2n) is 15.8. The molecule has 0 spiro atoms. The van der Waals surface area contributed by atoms with E-state index < -0.39 is 92.6 Å². The topological polar surface area (TPSA) is 308 Å². The largest absolute Gasteiger partial charge is 0.462 e. The van der Waals surface area contributed by atoms with E-state index in [2.05, 4.69) is 29.5 Å². The zero-order chi connectivity index (χ0) is 44.7. The molecule has 1 aromatic rings. The van der Waals surface area contributed by atoms with Crippen molar-refractivity contribution in [3.8, 4) is 0 Å². The molecule has 2 aliphatic heterocycles. The Kier molecular flexibility index (Phi) is 25.1. The average Bonchev–Trinajstić information content (AvgIpc) is 3.71. The Morgan fingerprint density at radius 2 is 1.36 bits per heavy atom. The number of ether oxygens (including phenoxy) is 5. The summed E-state index contributed by atoms with van der Waals surface area (Å²) in [6.45, 7) is 2.73. The van der Waals surface area contributed by atoms with Crippen molar-refractivity contribution in [2.45, 2.75) is 190 Å². The summed E-state index contributed by atoms with van der Waals surface area (Å²) in [5.41, 5.74) is 6.18. The van der Waals surface area contributed by atoms with Crippen molar-refractivity contribution in [3.05, 3.63) is 6.20 Å². The second-order valence-corrected chi connectivity index (χ2v) is 16.9. The Morgan fingerprint density at radius 3 is 1.97 bits per heavy atom. The van der Waals surface area contributed by atoms with Crippen LogP contribution in [0.15, 0.2) is 6.20 Å². The molecule has 0 bridgehead atoms. The van der Waals surface area contributed by atoms with Gasteiger partial charge < -0.3 is 70.5 Å². The van der Waals surface area contributed by atoms with E-state index in [0.717, 1.165) is 56.0 Å². The minimum absolute atomic E-state index is 0.0824. The maximum Gasteiger partial charge on any atom is 0.306 e. The Balaban J connectivity index is 1.50. The maximum atomic E-state index is 13.0. The van der Waals surface area contributed by atoms with E-state index in [0.29, 0.717) is 6.42 Å². The van der Waals surface area contributed by atoms with Gasteiger partial charge in [-0.15, -0.1) is 5.10 Å². The molecule has 12 atom stereocenters. The van der Waals surface area contributed by atoms with Gasteiger partial charge in [0.05, 0.1) is 25.5 Å². The SMILES string of the molecule is CCCCCCCCCC(=O)OC[C@H](CSC[C@@H](N)C(=O)Nc1cn([C@@H]2OC(CO)C(OC3OC(CO)C(O)C(O)C3O)C(O)C2O)nn1)OC(=O)CCCCCCCCC. The molecule has 0 radical (unpaired) electrons. The van der Waals surface area contributed by atoms with E-state index in [4.69, 9.17) is 29.4 Å². The van der Waals surface area contributed by atoms with Gasteiger partial charge in [-0.3, -0.25) is 14.4 Å². The van der Waals surface area contributed by atoms with Crippen LogP contribution in [0.2, 0.25) is 0 Å². The molecule has 352 valence electrons. The lowest BCUT2D eigenvalue weighted by Gasteiger charge is -2.45. The van der Waals surface area contributed by atoms with E-state index in [1.807, 2.05) is 0 Å². The number of nitrogens with zero attached hydrogens (tertiary/aromatic N) is 3. The number of nitrogens with two attached hydrogens (primary N) is 1. The van der Waals surface area contributed by atoms with Crippen LogP contribution in [0.3, 0.4) is 0 Å². The van der Waals surface area contributed by atoms with E-state index >= 15 is 0 Å². The van der Waals surface area contributed by atoms with Crippen molar-refractivity contribution in [2.24, 2.45) is 5.73 Å². The third-order valence-corrected chi connectivity index (χ3v) is 11.8. The monoisotopic (exact) mass is 893 g/mol. The van der Waals surface area contributed by atoms with E-state index in [-0.39, 0.29) is 48.7 Å². The van der Waals surface area contributed by atoms with Crippen LogP contribution in [0, 0.1) is 0 Å². The molecule has 3 heterocycles. The predicted octanol–water partition coefficient (Wildman–Crippen LogP) is 0.810. The van der Waals surface area contributed by atoms with Gasteiger partial charge in [-0.25, -0.2) is 4.68 Å². The number of aliphatic hydroxyl groups is 7. The number of unbranched alkanes of at least 4 members (excludes halogenated alkanes) is 12. The molecule has 20 nitrogen and oxygen atoms in total. The van der Waals surface area contributed by atoms with Gasteiger partial charge in [0.15, 0.2) is 18.3 Å². The molecular weight excluding hydrogens is 823 g/mol. The number of esters is 2. The van der Waals surface area contributed by atoms with Crippen LogP contribution in [0.4, 0.5) is 5.82 Å². The average molecular weight is 894 g/mol. The Morgan fingerprint density at radius 1 is 0.770 bits per heavy atom.